The summed E-state index contributed by atoms with van der Waals surface area (Å²) in [5, 5.41) is 17.4. The van der Waals surface area contributed by atoms with E-state index < -0.39 is 11.9 Å². The number of aromatic carboxylic acids is 2. The molecule has 0 amide bonds. The zero-order valence-electron chi connectivity index (χ0n) is 10.9. The second kappa shape index (κ2) is 7.44. The summed E-state index contributed by atoms with van der Waals surface area (Å²) in [5.74, 6) is -2.43. The minimum atomic E-state index is -1.22. The van der Waals surface area contributed by atoms with Crippen LogP contribution >= 0.6 is 0 Å². The van der Waals surface area contributed by atoms with Gasteiger partial charge in [-0.25, -0.2) is 9.59 Å². The van der Waals surface area contributed by atoms with E-state index in [2.05, 4.69) is 0 Å². The molecule has 4 nitrogen and oxygen atoms in total. The average molecular weight is 228 g/mol. The number of carbonyl (C=O) groups is 2. The number of carboxylic acids is 2. The predicted molar refractivity (Wildman–Crippen MR) is 47.3 cm³/mol. The molecule has 1 rings (SSSR count). The van der Waals surface area contributed by atoms with Crippen molar-refractivity contribution >= 4 is 11.9 Å². The standard InChI is InChI=1S/C9H8O4.2Na.2H/c1-5-3-2-4-6(8(10)11)7(5)9(12)13;;;;/h2-4H,1H3,(H,10,11)(H,12,13);;;;/q;2*+1;2*-1. The van der Waals surface area contributed by atoms with E-state index in [-0.39, 0.29) is 73.1 Å². The van der Waals surface area contributed by atoms with E-state index in [4.69, 9.17) is 10.2 Å². The van der Waals surface area contributed by atoms with Gasteiger partial charge >= 0.3 is 71.1 Å². The zero-order valence-corrected chi connectivity index (χ0v) is 12.9. The molecule has 2 N–H and O–H groups in total. The van der Waals surface area contributed by atoms with Crippen molar-refractivity contribution < 1.29 is 81.8 Å². The van der Waals surface area contributed by atoms with E-state index in [0.29, 0.717) is 5.56 Å². The fourth-order valence-corrected chi connectivity index (χ4v) is 1.13. The molecule has 0 aliphatic rings. The molecule has 0 radical (unpaired) electrons. The van der Waals surface area contributed by atoms with Gasteiger partial charge in [-0.05, 0) is 18.6 Å². The second-order valence-corrected chi connectivity index (χ2v) is 2.61. The minimum absolute atomic E-state index is 0. The summed E-state index contributed by atoms with van der Waals surface area (Å²) in [4.78, 5) is 21.3. The summed E-state index contributed by atoms with van der Waals surface area (Å²) in [6.45, 7) is 1.57. The Hall–Kier alpha value is 0.160. The number of hydrogen-bond donors (Lipinski definition) is 2. The van der Waals surface area contributed by atoms with Crippen molar-refractivity contribution in [3.05, 3.63) is 34.9 Å². The van der Waals surface area contributed by atoms with Crippen LogP contribution in [0, 0.1) is 6.92 Å². The third-order valence-electron chi connectivity index (χ3n) is 1.72. The molecule has 6 heteroatoms. The van der Waals surface area contributed by atoms with Gasteiger partial charge in [0, 0.05) is 0 Å². The number of benzene rings is 1. The van der Waals surface area contributed by atoms with E-state index in [9.17, 15) is 9.59 Å². The first-order valence-electron chi connectivity index (χ1n) is 3.60. The van der Waals surface area contributed by atoms with Gasteiger partial charge in [0.2, 0.25) is 0 Å². The van der Waals surface area contributed by atoms with Crippen molar-refractivity contribution in [1.82, 2.24) is 0 Å². The van der Waals surface area contributed by atoms with E-state index in [1.54, 1.807) is 13.0 Å². The molecule has 0 aliphatic carbocycles. The Morgan fingerprint density at radius 1 is 1.13 bits per heavy atom. The smallest absolute Gasteiger partial charge is 1.00 e. The monoisotopic (exact) mass is 228 g/mol. The van der Waals surface area contributed by atoms with Crippen molar-refractivity contribution in [3.8, 4) is 0 Å². The molecule has 15 heavy (non-hydrogen) atoms. The molecule has 72 valence electrons. The molecule has 1 aromatic rings. The Labute approximate surface area is 134 Å². The minimum Gasteiger partial charge on any atom is -1.00 e. The van der Waals surface area contributed by atoms with Crippen LogP contribution in [0.4, 0.5) is 0 Å². The van der Waals surface area contributed by atoms with Crippen LogP contribution < -0.4 is 59.1 Å². The Morgan fingerprint density at radius 3 is 2.00 bits per heavy atom. The molecule has 0 saturated heterocycles. The maximum atomic E-state index is 10.7. The molecule has 0 spiro atoms. The van der Waals surface area contributed by atoms with Gasteiger partial charge in [-0.3, -0.25) is 0 Å². The molecule has 0 unspecified atom stereocenters. The largest absolute Gasteiger partial charge is 1.00 e. The zero-order chi connectivity index (χ0) is 10.0. The second-order valence-electron chi connectivity index (χ2n) is 2.61. The fraction of sp³-hybridized carbons (Fsp3) is 0.111. The Kier molecular flexibility index (Phi) is 8.70. The molecular weight excluding hydrogens is 218 g/mol. The van der Waals surface area contributed by atoms with Gasteiger partial charge in [0.15, 0.2) is 0 Å². The molecule has 0 aromatic heterocycles. The Bertz CT molecular complexity index is 385. The van der Waals surface area contributed by atoms with Gasteiger partial charge < -0.3 is 13.1 Å². The first-order chi connectivity index (χ1) is 6.04. The molecule has 0 bridgehead atoms. The number of hydrogen-bond acceptors (Lipinski definition) is 2. The summed E-state index contributed by atoms with van der Waals surface area (Å²) in [6, 6.07) is 4.36. The van der Waals surface area contributed by atoms with Gasteiger partial charge in [0.25, 0.3) is 0 Å². The molecule has 0 heterocycles. The number of carboxylic acid groups (broad SMARTS) is 2. The fourth-order valence-electron chi connectivity index (χ4n) is 1.13. The predicted octanol–water partition coefficient (Wildman–Crippen LogP) is -4.38. The van der Waals surface area contributed by atoms with Crippen LogP contribution in [0.2, 0.25) is 0 Å². The number of rotatable bonds is 2. The Morgan fingerprint density at radius 2 is 1.67 bits per heavy atom. The third-order valence-corrected chi connectivity index (χ3v) is 1.72. The number of aryl methyl sites for hydroxylation is 1. The van der Waals surface area contributed by atoms with E-state index >= 15 is 0 Å². The van der Waals surface area contributed by atoms with Gasteiger partial charge in [-0.1, -0.05) is 12.1 Å². The van der Waals surface area contributed by atoms with E-state index in [1.807, 2.05) is 0 Å². The van der Waals surface area contributed by atoms with Gasteiger partial charge in [-0.2, -0.15) is 0 Å². The molecule has 0 aliphatic heterocycles. The quantitative estimate of drug-likeness (QED) is 0.501. The van der Waals surface area contributed by atoms with Gasteiger partial charge in [0.05, 0.1) is 11.1 Å². The van der Waals surface area contributed by atoms with Crippen LogP contribution in [0.25, 0.3) is 0 Å². The first-order valence-corrected chi connectivity index (χ1v) is 3.60. The SMILES string of the molecule is Cc1cccc(C(=O)O)c1C(=O)O.[H-].[H-].[Na+].[Na+]. The molecule has 0 atom stereocenters. The Balaban J connectivity index is -0.000000211. The first kappa shape index (κ1) is 17.6. The topological polar surface area (TPSA) is 74.6 Å². The normalized spacial score (nSPS) is 8.33. The molecule has 0 saturated carbocycles. The summed E-state index contributed by atoms with van der Waals surface area (Å²) in [7, 11) is 0. The van der Waals surface area contributed by atoms with Crippen LogP contribution in [-0.4, -0.2) is 22.2 Å². The summed E-state index contributed by atoms with van der Waals surface area (Å²) < 4.78 is 0. The van der Waals surface area contributed by atoms with E-state index in [0.717, 1.165) is 0 Å². The molecule has 1 aromatic carbocycles. The van der Waals surface area contributed by atoms with Gasteiger partial charge in [0.1, 0.15) is 0 Å². The van der Waals surface area contributed by atoms with E-state index in [1.165, 1.54) is 12.1 Å². The summed E-state index contributed by atoms with van der Waals surface area (Å²) in [5.41, 5.74) is 0.134. The van der Waals surface area contributed by atoms with Crippen LogP contribution in [0.1, 0.15) is 29.1 Å². The van der Waals surface area contributed by atoms with Crippen molar-refractivity contribution in [2.24, 2.45) is 0 Å². The van der Waals surface area contributed by atoms with Crippen molar-refractivity contribution in [1.29, 1.82) is 0 Å². The van der Waals surface area contributed by atoms with Crippen molar-refractivity contribution in [3.63, 3.8) is 0 Å². The summed E-state index contributed by atoms with van der Waals surface area (Å²) in [6.07, 6.45) is 0. The average Bonchev–Trinajstić information content (AvgIpc) is 2.02. The van der Waals surface area contributed by atoms with Crippen molar-refractivity contribution in [2.45, 2.75) is 6.92 Å². The van der Waals surface area contributed by atoms with Crippen LogP contribution in [0.3, 0.4) is 0 Å². The maximum absolute atomic E-state index is 10.7. The third kappa shape index (κ3) is 4.26. The molecular formula is C9H10Na2O4. The van der Waals surface area contributed by atoms with Crippen LogP contribution in [-0.2, 0) is 0 Å². The van der Waals surface area contributed by atoms with Crippen LogP contribution in [0.5, 0.6) is 0 Å². The maximum Gasteiger partial charge on any atom is 1.00 e. The molecule has 0 fully saturated rings. The van der Waals surface area contributed by atoms with Crippen molar-refractivity contribution in [2.75, 3.05) is 0 Å². The van der Waals surface area contributed by atoms with Gasteiger partial charge in [-0.15, -0.1) is 0 Å². The summed E-state index contributed by atoms with van der Waals surface area (Å²) >= 11 is 0. The van der Waals surface area contributed by atoms with Crippen LogP contribution in [0.15, 0.2) is 18.2 Å².